The van der Waals surface area contributed by atoms with E-state index in [1.807, 2.05) is 11.3 Å². The van der Waals surface area contributed by atoms with Gasteiger partial charge in [0.1, 0.15) is 0 Å². The van der Waals surface area contributed by atoms with Gasteiger partial charge in [0, 0.05) is 0 Å². The molecule has 0 fully saturated rings. The number of rotatable bonds is 3. The van der Waals surface area contributed by atoms with Crippen molar-refractivity contribution in [3.05, 3.63) is 127 Å². The van der Waals surface area contributed by atoms with Crippen molar-refractivity contribution in [1.82, 2.24) is 0 Å². The van der Waals surface area contributed by atoms with Crippen molar-refractivity contribution in [1.29, 1.82) is 0 Å². The van der Waals surface area contributed by atoms with E-state index in [1.54, 1.807) is 0 Å². The quantitative estimate of drug-likeness (QED) is 0.197. The van der Waals surface area contributed by atoms with Crippen LogP contribution >= 0.6 is 11.3 Å². The zero-order valence-electron chi connectivity index (χ0n) is 19.9. The van der Waals surface area contributed by atoms with E-state index in [4.69, 9.17) is 0 Å². The second kappa shape index (κ2) is 8.33. The first-order valence-electron chi connectivity index (χ1n) is 12.4. The molecule has 0 saturated heterocycles. The Morgan fingerprint density at radius 1 is 0.459 bits per heavy atom. The molecular weight excluding hydrogens is 533 g/mol. The molecule has 0 aliphatic rings. The molecular formula is C34H21NSSe. The van der Waals surface area contributed by atoms with Gasteiger partial charge in [-0.25, -0.2) is 0 Å². The first-order chi connectivity index (χ1) is 18.3. The Balaban J connectivity index is 1.35. The number of hydrogen-bond donors (Lipinski definition) is 0. The van der Waals surface area contributed by atoms with Crippen molar-refractivity contribution < 1.29 is 0 Å². The van der Waals surface area contributed by atoms with Gasteiger partial charge in [-0.1, -0.05) is 0 Å². The maximum absolute atomic E-state index is 2.42. The normalized spacial score (nSPS) is 11.8. The second-order valence-corrected chi connectivity index (χ2v) is 12.7. The van der Waals surface area contributed by atoms with Crippen LogP contribution in [-0.2, 0) is 0 Å². The zero-order valence-corrected chi connectivity index (χ0v) is 22.4. The summed E-state index contributed by atoms with van der Waals surface area (Å²) in [6, 6.07) is 46.8. The van der Waals surface area contributed by atoms with Crippen LogP contribution < -0.4 is 4.90 Å². The van der Waals surface area contributed by atoms with Gasteiger partial charge in [0.15, 0.2) is 0 Å². The van der Waals surface area contributed by atoms with Crippen LogP contribution in [0.15, 0.2) is 127 Å². The number of nitrogens with zero attached hydrogens (tertiary/aromatic N) is 1. The molecule has 6 aromatic carbocycles. The van der Waals surface area contributed by atoms with Crippen molar-refractivity contribution in [2.24, 2.45) is 0 Å². The molecule has 0 atom stereocenters. The molecule has 0 aliphatic carbocycles. The van der Waals surface area contributed by atoms with Crippen molar-refractivity contribution in [3.63, 3.8) is 0 Å². The van der Waals surface area contributed by atoms with Gasteiger partial charge in [0.05, 0.1) is 0 Å². The van der Waals surface area contributed by atoms with Crippen LogP contribution in [0, 0.1) is 0 Å². The SMILES string of the molecule is c1ccc(N(c2ccc3c(c2)sc2ccccc23)c2ccc3c(c2)[se]c2c4ccccc4ccc32)cc1. The Morgan fingerprint density at radius 3 is 2.03 bits per heavy atom. The van der Waals surface area contributed by atoms with Crippen molar-refractivity contribution in [2.45, 2.75) is 0 Å². The Labute approximate surface area is 224 Å². The minimum atomic E-state index is 0.277. The van der Waals surface area contributed by atoms with Crippen LogP contribution in [0.2, 0.25) is 0 Å². The molecule has 0 N–H and O–H groups in total. The molecule has 37 heavy (non-hydrogen) atoms. The van der Waals surface area contributed by atoms with Gasteiger partial charge < -0.3 is 0 Å². The molecule has 8 rings (SSSR count). The summed E-state index contributed by atoms with van der Waals surface area (Å²) in [4.78, 5) is 2.40. The molecule has 0 amide bonds. The summed E-state index contributed by atoms with van der Waals surface area (Å²) in [5.41, 5.74) is 3.58. The molecule has 0 spiro atoms. The molecule has 8 aromatic rings. The second-order valence-electron chi connectivity index (χ2n) is 9.40. The number of thiophene rings is 1. The topological polar surface area (TPSA) is 3.24 Å². The van der Waals surface area contributed by atoms with Gasteiger partial charge in [-0.3, -0.25) is 0 Å². The fourth-order valence-corrected chi connectivity index (χ4v) is 9.32. The molecule has 0 unspecified atom stereocenters. The molecule has 0 bridgehead atoms. The number of para-hydroxylation sites is 1. The monoisotopic (exact) mass is 555 g/mol. The van der Waals surface area contributed by atoms with Crippen molar-refractivity contribution in [3.8, 4) is 0 Å². The average Bonchev–Trinajstić information content (AvgIpc) is 3.51. The van der Waals surface area contributed by atoms with Crippen LogP contribution in [0.5, 0.6) is 0 Å². The third-order valence-electron chi connectivity index (χ3n) is 7.24. The van der Waals surface area contributed by atoms with E-state index in [-0.39, 0.29) is 14.5 Å². The Morgan fingerprint density at radius 2 is 1.14 bits per heavy atom. The van der Waals surface area contributed by atoms with Crippen molar-refractivity contribution >= 4 is 93.1 Å². The summed E-state index contributed by atoms with van der Waals surface area (Å²) in [6.45, 7) is 0. The summed E-state index contributed by atoms with van der Waals surface area (Å²) >= 11 is 2.15. The summed E-state index contributed by atoms with van der Waals surface area (Å²) in [7, 11) is 0. The van der Waals surface area contributed by atoms with Gasteiger partial charge in [-0.15, -0.1) is 0 Å². The van der Waals surface area contributed by atoms with E-state index in [1.165, 1.54) is 67.3 Å². The Hall–Kier alpha value is -3.88. The average molecular weight is 555 g/mol. The fourth-order valence-electron chi connectivity index (χ4n) is 5.51. The molecule has 0 saturated carbocycles. The van der Waals surface area contributed by atoms with Gasteiger partial charge in [0.2, 0.25) is 0 Å². The van der Waals surface area contributed by atoms with Crippen LogP contribution in [-0.4, -0.2) is 14.5 Å². The summed E-state index contributed by atoms with van der Waals surface area (Å²) < 4.78 is 5.63. The van der Waals surface area contributed by atoms with Crippen molar-refractivity contribution in [2.75, 3.05) is 4.90 Å². The Kier molecular flexibility index (Phi) is 4.78. The molecule has 3 heteroatoms. The first-order valence-corrected chi connectivity index (χ1v) is 15.0. The third-order valence-corrected chi connectivity index (χ3v) is 10.9. The number of anilines is 3. The van der Waals surface area contributed by atoms with Crippen LogP contribution in [0.25, 0.3) is 50.2 Å². The van der Waals surface area contributed by atoms with Crippen LogP contribution in [0.1, 0.15) is 0 Å². The van der Waals surface area contributed by atoms with E-state index in [0.29, 0.717) is 0 Å². The zero-order chi connectivity index (χ0) is 24.3. The molecule has 1 nitrogen and oxygen atoms in total. The molecule has 0 radical (unpaired) electrons. The van der Waals surface area contributed by atoms with E-state index in [9.17, 15) is 0 Å². The van der Waals surface area contributed by atoms with E-state index >= 15 is 0 Å². The number of hydrogen-bond acceptors (Lipinski definition) is 2. The predicted octanol–water partition coefficient (Wildman–Crippen LogP) is 10.0. The van der Waals surface area contributed by atoms with Gasteiger partial charge in [-0.05, 0) is 0 Å². The first kappa shape index (κ1) is 21.2. The summed E-state index contributed by atoms with van der Waals surface area (Å²) in [6.07, 6.45) is 0. The minimum absolute atomic E-state index is 0.277. The third kappa shape index (κ3) is 3.36. The van der Waals surface area contributed by atoms with Crippen LogP contribution in [0.3, 0.4) is 0 Å². The standard InChI is InChI=1S/C34H21NSSe/c1-2-9-23(10-3-1)35(24-15-18-28-27-12-6-7-13-31(27)36-32(28)20-24)25-16-19-29-30-17-14-22-8-4-5-11-26(22)34(30)37-33(29)21-25/h1-21H. The predicted molar refractivity (Wildman–Crippen MR) is 163 cm³/mol. The molecule has 0 aliphatic heterocycles. The van der Waals surface area contributed by atoms with E-state index in [2.05, 4.69) is 132 Å². The maximum atomic E-state index is 2.42. The summed E-state index contributed by atoms with van der Waals surface area (Å²) in [5.74, 6) is 0. The van der Waals surface area contributed by atoms with Gasteiger partial charge in [0.25, 0.3) is 0 Å². The van der Waals surface area contributed by atoms with E-state index < -0.39 is 0 Å². The van der Waals surface area contributed by atoms with Gasteiger partial charge in [-0.2, -0.15) is 0 Å². The molecule has 2 aromatic heterocycles. The molecule has 174 valence electrons. The molecule has 2 heterocycles. The Bertz CT molecular complexity index is 2100. The summed E-state index contributed by atoms with van der Waals surface area (Å²) in [5, 5.41) is 8.18. The van der Waals surface area contributed by atoms with Gasteiger partial charge >= 0.3 is 225 Å². The fraction of sp³-hybridized carbons (Fsp3) is 0. The van der Waals surface area contributed by atoms with E-state index in [0.717, 1.165) is 0 Å². The number of fused-ring (bicyclic) bond motifs is 8. The van der Waals surface area contributed by atoms with Crippen LogP contribution in [0.4, 0.5) is 17.1 Å². The number of benzene rings is 6.